The fourth-order valence-electron chi connectivity index (χ4n) is 2.48. The van der Waals surface area contributed by atoms with Crippen molar-refractivity contribution >= 4 is 15.7 Å². The summed E-state index contributed by atoms with van der Waals surface area (Å²) < 4.78 is 25.0. The molecule has 1 aromatic carbocycles. The van der Waals surface area contributed by atoms with E-state index in [1.54, 1.807) is 0 Å². The molecule has 0 bridgehead atoms. The second-order valence-corrected chi connectivity index (χ2v) is 7.12. The molecule has 5 nitrogen and oxygen atoms in total. The zero-order valence-corrected chi connectivity index (χ0v) is 12.7. The lowest BCUT2D eigenvalue weighted by Crippen LogP contribution is -2.44. The van der Waals surface area contributed by atoms with Crippen molar-refractivity contribution in [2.24, 2.45) is 0 Å². The number of anilines is 1. The van der Waals surface area contributed by atoms with Crippen LogP contribution >= 0.6 is 0 Å². The number of nitrogens with one attached hydrogen (secondary N) is 2. The van der Waals surface area contributed by atoms with Crippen molar-refractivity contribution in [3.63, 3.8) is 0 Å². The van der Waals surface area contributed by atoms with E-state index in [0.29, 0.717) is 12.6 Å². The van der Waals surface area contributed by atoms with Crippen LogP contribution in [-0.4, -0.2) is 46.9 Å². The van der Waals surface area contributed by atoms with Crippen molar-refractivity contribution in [3.05, 3.63) is 30.3 Å². The van der Waals surface area contributed by atoms with Gasteiger partial charge in [-0.25, -0.2) is 13.1 Å². The average molecular weight is 297 g/mol. The first-order valence-electron chi connectivity index (χ1n) is 7.05. The third kappa shape index (κ3) is 4.47. The molecule has 0 aromatic heterocycles. The Morgan fingerprint density at radius 2 is 1.85 bits per heavy atom. The van der Waals surface area contributed by atoms with Crippen LogP contribution in [0.15, 0.2) is 30.3 Å². The van der Waals surface area contributed by atoms with Crippen LogP contribution in [0.25, 0.3) is 0 Å². The fraction of sp³-hybridized carbons (Fsp3) is 0.571. The van der Waals surface area contributed by atoms with E-state index >= 15 is 0 Å². The highest BCUT2D eigenvalue weighted by atomic mass is 32.2. The summed E-state index contributed by atoms with van der Waals surface area (Å²) >= 11 is 0. The van der Waals surface area contributed by atoms with Crippen molar-refractivity contribution in [2.45, 2.75) is 18.9 Å². The van der Waals surface area contributed by atoms with Gasteiger partial charge in [0.1, 0.15) is 0 Å². The number of piperidine rings is 1. The first-order valence-corrected chi connectivity index (χ1v) is 8.70. The lowest BCUT2D eigenvalue weighted by molar-refractivity contribution is 0.423. The Bertz CT molecular complexity index is 496. The molecular weight excluding hydrogens is 274 g/mol. The van der Waals surface area contributed by atoms with Gasteiger partial charge in [-0.15, -0.1) is 0 Å². The van der Waals surface area contributed by atoms with E-state index in [4.69, 9.17) is 0 Å². The highest BCUT2D eigenvalue weighted by Crippen LogP contribution is 2.19. The zero-order chi connectivity index (χ0) is 14.4. The predicted molar refractivity (Wildman–Crippen MR) is 82.5 cm³/mol. The minimum Gasteiger partial charge on any atom is -0.371 e. The smallest absolute Gasteiger partial charge is 0.212 e. The lowest BCUT2D eigenvalue weighted by atomic mass is 10.0. The SMILES string of the molecule is CNS(=O)(=O)CCNC1CCN(c2ccccc2)CC1. The monoisotopic (exact) mass is 297 g/mol. The fourth-order valence-corrected chi connectivity index (χ4v) is 3.07. The summed E-state index contributed by atoms with van der Waals surface area (Å²) in [5.41, 5.74) is 1.27. The van der Waals surface area contributed by atoms with Crippen molar-refractivity contribution in [2.75, 3.05) is 37.3 Å². The van der Waals surface area contributed by atoms with E-state index in [0.717, 1.165) is 25.9 Å². The van der Waals surface area contributed by atoms with E-state index in [1.165, 1.54) is 12.7 Å². The maximum atomic E-state index is 11.3. The van der Waals surface area contributed by atoms with Gasteiger partial charge in [-0.05, 0) is 32.0 Å². The van der Waals surface area contributed by atoms with E-state index in [1.807, 2.05) is 6.07 Å². The van der Waals surface area contributed by atoms with Crippen molar-refractivity contribution in [3.8, 4) is 0 Å². The largest absolute Gasteiger partial charge is 0.371 e. The minimum atomic E-state index is -3.10. The van der Waals surface area contributed by atoms with Crippen LogP contribution in [0, 0.1) is 0 Å². The maximum absolute atomic E-state index is 11.3. The lowest BCUT2D eigenvalue weighted by Gasteiger charge is -2.34. The average Bonchev–Trinajstić information content (AvgIpc) is 2.49. The summed E-state index contributed by atoms with van der Waals surface area (Å²) in [7, 11) is -1.64. The second-order valence-electron chi connectivity index (χ2n) is 5.07. The Balaban J connectivity index is 1.72. The zero-order valence-electron chi connectivity index (χ0n) is 11.9. The van der Waals surface area contributed by atoms with Crippen LogP contribution in [0.3, 0.4) is 0 Å². The molecule has 1 heterocycles. The third-order valence-corrected chi connectivity index (χ3v) is 5.09. The summed E-state index contributed by atoms with van der Waals surface area (Å²) in [6.07, 6.45) is 2.10. The molecule has 0 atom stereocenters. The summed E-state index contributed by atoms with van der Waals surface area (Å²) in [6, 6.07) is 10.8. The highest BCUT2D eigenvalue weighted by molar-refractivity contribution is 7.89. The van der Waals surface area contributed by atoms with Gasteiger partial charge in [-0.2, -0.15) is 0 Å². The van der Waals surface area contributed by atoms with Crippen molar-refractivity contribution < 1.29 is 8.42 Å². The number of hydrogen-bond donors (Lipinski definition) is 2. The molecule has 0 saturated carbocycles. The van der Waals surface area contributed by atoms with E-state index < -0.39 is 10.0 Å². The molecular formula is C14H23N3O2S. The topological polar surface area (TPSA) is 61.4 Å². The molecule has 0 amide bonds. The van der Waals surface area contributed by atoms with Gasteiger partial charge in [-0.1, -0.05) is 18.2 Å². The van der Waals surface area contributed by atoms with Crippen LogP contribution in [-0.2, 0) is 10.0 Å². The standard InChI is InChI=1S/C14H23N3O2S/c1-15-20(18,19)12-9-16-13-7-10-17(11-8-13)14-5-3-2-4-6-14/h2-6,13,15-16H,7-12H2,1H3. The quantitative estimate of drug-likeness (QED) is 0.815. The summed E-state index contributed by atoms with van der Waals surface area (Å²) in [5, 5.41) is 3.34. The number of rotatable bonds is 6. The predicted octanol–water partition coefficient (Wildman–Crippen LogP) is 0.794. The van der Waals surface area contributed by atoms with Crippen LogP contribution < -0.4 is 14.9 Å². The van der Waals surface area contributed by atoms with Gasteiger partial charge in [-0.3, -0.25) is 0 Å². The van der Waals surface area contributed by atoms with Crippen LogP contribution in [0.4, 0.5) is 5.69 Å². The van der Waals surface area contributed by atoms with Gasteiger partial charge in [0.25, 0.3) is 0 Å². The maximum Gasteiger partial charge on any atom is 0.212 e. The Labute approximate surface area is 121 Å². The summed E-state index contributed by atoms with van der Waals surface area (Å²) in [4.78, 5) is 2.38. The molecule has 6 heteroatoms. The molecule has 1 aliphatic rings. The third-order valence-electron chi connectivity index (χ3n) is 3.73. The summed E-state index contributed by atoms with van der Waals surface area (Å²) in [6.45, 7) is 2.54. The normalized spacial score (nSPS) is 17.4. The Morgan fingerprint density at radius 3 is 2.45 bits per heavy atom. The van der Waals surface area contributed by atoms with Crippen molar-refractivity contribution in [1.29, 1.82) is 0 Å². The molecule has 0 unspecified atom stereocenters. The molecule has 2 N–H and O–H groups in total. The Hall–Kier alpha value is -1.11. The van der Waals surface area contributed by atoms with Gasteiger partial charge < -0.3 is 10.2 Å². The first-order chi connectivity index (χ1) is 9.61. The molecule has 1 aromatic rings. The number of hydrogen-bond acceptors (Lipinski definition) is 4. The van der Waals surface area contributed by atoms with E-state index in [-0.39, 0.29) is 5.75 Å². The number of benzene rings is 1. The van der Waals surface area contributed by atoms with Crippen LogP contribution in [0.5, 0.6) is 0 Å². The summed E-state index contributed by atoms with van der Waals surface area (Å²) in [5.74, 6) is 0.141. The van der Waals surface area contributed by atoms with Crippen LogP contribution in [0.1, 0.15) is 12.8 Å². The van der Waals surface area contributed by atoms with Gasteiger partial charge in [0.2, 0.25) is 10.0 Å². The number of sulfonamides is 1. The Morgan fingerprint density at radius 1 is 1.20 bits per heavy atom. The molecule has 1 aliphatic heterocycles. The van der Waals surface area contributed by atoms with Gasteiger partial charge in [0, 0.05) is 31.4 Å². The number of nitrogens with zero attached hydrogens (tertiary/aromatic N) is 1. The molecule has 1 saturated heterocycles. The molecule has 2 rings (SSSR count). The number of para-hydroxylation sites is 1. The molecule has 112 valence electrons. The first kappa shape index (κ1) is 15.3. The molecule has 1 fully saturated rings. The van der Waals surface area contributed by atoms with E-state index in [2.05, 4.69) is 39.2 Å². The molecule has 0 aliphatic carbocycles. The van der Waals surface area contributed by atoms with Crippen molar-refractivity contribution in [1.82, 2.24) is 10.0 Å². The van der Waals surface area contributed by atoms with Gasteiger partial charge in [0.15, 0.2) is 0 Å². The molecule has 20 heavy (non-hydrogen) atoms. The van der Waals surface area contributed by atoms with Gasteiger partial charge in [0.05, 0.1) is 5.75 Å². The van der Waals surface area contributed by atoms with Gasteiger partial charge >= 0.3 is 0 Å². The van der Waals surface area contributed by atoms with E-state index in [9.17, 15) is 8.42 Å². The molecule has 0 radical (unpaired) electrons. The highest BCUT2D eigenvalue weighted by Gasteiger charge is 2.19. The minimum absolute atomic E-state index is 0.141. The molecule has 0 spiro atoms. The Kier molecular flexibility index (Phi) is 5.39. The van der Waals surface area contributed by atoms with Crippen LogP contribution in [0.2, 0.25) is 0 Å². The second kappa shape index (κ2) is 7.06.